The molecule has 2 unspecified atom stereocenters. The largest absolute Gasteiger partial charge is 0.376 e. The van der Waals surface area contributed by atoms with Crippen molar-refractivity contribution in [2.45, 2.75) is 31.9 Å². The van der Waals surface area contributed by atoms with Crippen LogP contribution in [0.5, 0.6) is 0 Å². The lowest BCUT2D eigenvalue weighted by Gasteiger charge is -2.22. The summed E-state index contributed by atoms with van der Waals surface area (Å²) in [5.41, 5.74) is 0.583. The summed E-state index contributed by atoms with van der Waals surface area (Å²) in [5.74, 6) is -0.319. The molecule has 5 nitrogen and oxygen atoms in total. The van der Waals surface area contributed by atoms with E-state index in [0.29, 0.717) is 5.56 Å². The molecule has 0 aromatic heterocycles. The fraction of sp³-hybridized carbons (Fsp3) is 0.500. The molecule has 2 atom stereocenters. The lowest BCUT2D eigenvalue weighted by molar-refractivity contribution is -0.123. The molecule has 0 radical (unpaired) electrons. The Morgan fingerprint density at radius 2 is 2.10 bits per heavy atom. The molecule has 21 heavy (non-hydrogen) atoms. The Labute approximate surface area is 125 Å². The predicted octanol–water partition coefficient (Wildman–Crippen LogP) is 1.44. The first-order chi connectivity index (χ1) is 10.1. The number of benzene rings is 1. The molecule has 114 valence electrons. The van der Waals surface area contributed by atoms with Gasteiger partial charge in [-0.3, -0.25) is 9.59 Å². The van der Waals surface area contributed by atoms with Gasteiger partial charge in [0.1, 0.15) is 0 Å². The highest BCUT2D eigenvalue weighted by Gasteiger charge is 2.24. The first kappa shape index (κ1) is 15.5. The Balaban J connectivity index is 1.83. The molecule has 1 fully saturated rings. The van der Waals surface area contributed by atoms with E-state index in [1.54, 1.807) is 31.3 Å². The molecular weight excluding hydrogens is 268 g/mol. The summed E-state index contributed by atoms with van der Waals surface area (Å²) < 4.78 is 5.54. The van der Waals surface area contributed by atoms with E-state index >= 15 is 0 Å². The van der Waals surface area contributed by atoms with Crippen molar-refractivity contribution in [1.29, 1.82) is 0 Å². The average molecular weight is 290 g/mol. The van der Waals surface area contributed by atoms with Crippen molar-refractivity contribution in [3.05, 3.63) is 35.9 Å². The minimum atomic E-state index is -0.162. The topological polar surface area (TPSA) is 58.6 Å². The van der Waals surface area contributed by atoms with Crippen molar-refractivity contribution < 1.29 is 14.3 Å². The number of likely N-dealkylation sites (N-methyl/N-ethyl adjacent to an activating group) is 1. The van der Waals surface area contributed by atoms with Crippen LogP contribution in [0.15, 0.2) is 30.3 Å². The maximum absolute atomic E-state index is 12.1. The Kier molecular flexibility index (Phi) is 5.33. The molecule has 5 heteroatoms. The zero-order valence-corrected chi connectivity index (χ0v) is 12.5. The normalized spacial score (nSPS) is 19.0. The van der Waals surface area contributed by atoms with Crippen LogP contribution in [0.4, 0.5) is 0 Å². The summed E-state index contributed by atoms with van der Waals surface area (Å²) >= 11 is 0. The third kappa shape index (κ3) is 4.29. The molecule has 1 aromatic rings. The predicted molar refractivity (Wildman–Crippen MR) is 80.0 cm³/mol. The van der Waals surface area contributed by atoms with Crippen LogP contribution in [0.3, 0.4) is 0 Å². The number of carbonyl (C=O) groups excluding carboxylic acids is 2. The van der Waals surface area contributed by atoms with E-state index in [0.717, 1.165) is 19.4 Å². The fourth-order valence-corrected chi connectivity index (χ4v) is 2.48. The number of hydrogen-bond acceptors (Lipinski definition) is 3. The Morgan fingerprint density at radius 1 is 1.38 bits per heavy atom. The second kappa shape index (κ2) is 7.22. The second-order valence-corrected chi connectivity index (χ2v) is 5.43. The van der Waals surface area contributed by atoms with E-state index in [4.69, 9.17) is 4.74 Å². The Bertz CT molecular complexity index is 484. The van der Waals surface area contributed by atoms with E-state index in [1.165, 1.54) is 4.90 Å². The smallest absolute Gasteiger partial charge is 0.254 e. The van der Waals surface area contributed by atoms with Gasteiger partial charge in [-0.2, -0.15) is 0 Å². The van der Waals surface area contributed by atoms with Crippen LogP contribution >= 0.6 is 0 Å². The van der Waals surface area contributed by atoms with Gasteiger partial charge in [-0.25, -0.2) is 0 Å². The number of carbonyl (C=O) groups is 2. The minimum absolute atomic E-state index is 0.0276. The molecule has 0 spiro atoms. The second-order valence-electron chi connectivity index (χ2n) is 5.43. The van der Waals surface area contributed by atoms with Gasteiger partial charge < -0.3 is 15.0 Å². The summed E-state index contributed by atoms with van der Waals surface area (Å²) in [7, 11) is 1.63. The van der Waals surface area contributed by atoms with Crippen molar-refractivity contribution >= 4 is 11.8 Å². The van der Waals surface area contributed by atoms with Crippen molar-refractivity contribution in [1.82, 2.24) is 10.2 Å². The zero-order chi connectivity index (χ0) is 15.2. The molecule has 0 bridgehead atoms. The molecule has 0 saturated carbocycles. The van der Waals surface area contributed by atoms with Crippen LogP contribution in [0.25, 0.3) is 0 Å². The molecule has 1 heterocycles. The summed E-state index contributed by atoms with van der Waals surface area (Å²) in [5, 5.41) is 2.90. The lowest BCUT2D eigenvalue weighted by Crippen LogP contribution is -2.45. The molecule has 2 amide bonds. The van der Waals surface area contributed by atoms with Gasteiger partial charge in [0.25, 0.3) is 5.91 Å². The van der Waals surface area contributed by atoms with Gasteiger partial charge in [0.05, 0.1) is 18.7 Å². The Morgan fingerprint density at radius 3 is 2.71 bits per heavy atom. The standard InChI is InChI=1S/C16H22N2O3/c1-12(14-9-6-10-21-14)17-15(19)11-18(2)16(20)13-7-4-3-5-8-13/h3-5,7-8,12,14H,6,9-11H2,1-2H3,(H,17,19). The quantitative estimate of drug-likeness (QED) is 0.893. The van der Waals surface area contributed by atoms with Gasteiger partial charge in [-0.05, 0) is 31.9 Å². The van der Waals surface area contributed by atoms with E-state index in [2.05, 4.69) is 5.32 Å². The number of nitrogens with one attached hydrogen (secondary N) is 1. The molecular formula is C16H22N2O3. The highest BCUT2D eigenvalue weighted by molar-refractivity contribution is 5.96. The van der Waals surface area contributed by atoms with Gasteiger partial charge >= 0.3 is 0 Å². The molecule has 1 N–H and O–H groups in total. The number of amides is 2. The molecule has 1 aliphatic heterocycles. The minimum Gasteiger partial charge on any atom is -0.376 e. The fourth-order valence-electron chi connectivity index (χ4n) is 2.48. The van der Waals surface area contributed by atoms with Crippen molar-refractivity contribution in [2.24, 2.45) is 0 Å². The van der Waals surface area contributed by atoms with E-state index < -0.39 is 0 Å². The molecule has 0 aliphatic carbocycles. The van der Waals surface area contributed by atoms with Crippen molar-refractivity contribution in [3.8, 4) is 0 Å². The van der Waals surface area contributed by atoms with Crippen molar-refractivity contribution in [3.63, 3.8) is 0 Å². The number of nitrogens with zero attached hydrogens (tertiary/aromatic N) is 1. The van der Waals surface area contributed by atoms with Crippen molar-refractivity contribution in [2.75, 3.05) is 20.2 Å². The van der Waals surface area contributed by atoms with Crippen LogP contribution in [0.1, 0.15) is 30.1 Å². The summed E-state index contributed by atoms with van der Waals surface area (Å²) in [4.78, 5) is 25.6. The summed E-state index contributed by atoms with van der Waals surface area (Å²) in [6.07, 6.45) is 2.10. The highest BCUT2D eigenvalue weighted by Crippen LogP contribution is 2.15. The first-order valence-electron chi connectivity index (χ1n) is 7.29. The zero-order valence-electron chi connectivity index (χ0n) is 12.5. The van der Waals surface area contributed by atoms with Gasteiger partial charge in [0.15, 0.2) is 0 Å². The van der Waals surface area contributed by atoms with E-state index in [9.17, 15) is 9.59 Å². The average Bonchev–Trinajstić information content (AvgIpc) is 3.01. The Hall–Kier alpha value is -1.88. The molecule has 1 aliphatic rings. The number of rotatable bonds is 5. The van der Waals surface area contributed by atoms with Gasteiger partial charge in [-0.15, -0.1) is 0 Å². The summed E-state index contributed by atoms with van der Waals surface area (Å²) in [6.45, 7) is 2.75. The van der Waals surface area contributed by atoms with Crippen LogP contribution in [0, 0.1) is 0 Å². The maximum Gasteiger partial charge on any atom is 0.254 e. The molecule has 1 saturated heterocycles. The summed E-state index contributed by atoms with van der Waals surface area (Å²) in [6, 6.07) is 8.92. The highest BCUT2D eigenvalue weighted by atomic mass is 16.5. The van der Waals surface area contributed by atoms with Crippen LogP contribution in [-0.2, 0) is 9.53 Å². The van der Waals surface area contributed by atoms with E-state index in [-0.39, 0.29) is 30.5 Å². The van der Waals surface area contributed by atoms with Crippen LogP contribution in [0.2, 0.25) is 0 Å². The lowest BCUT2D eigenvalue weighted by atomic mass is 10.1. The van der Waals surface area contributed by atoms with Gasteiger partial charge in [-0.1, -0.05) is 18.2 Å². The van der Waals surface area contributed by atoms with Crippen LogP contribution in [-0.4, -0.2) is 49.1 Å². The monoisotopic (exact) mass is 290 g/mol. The van der Waals surface area contributed by atoms with E-state index in [1.807, 2.05) is 13.0 Å². The van der Waals surface area contributed by atoms with Crippen LogP contribution < -0.4 is 5.32 Å². The SMILES string of the molecule is CC(NC(=O)CN(C)C(=O)c1ccccc1)C1CCCO1. The number of hydrogen-bond donors (Lipinski definition) is 1. The third-order valence-electron chi connectivity index (χ3n) is 3.66. The maximum atomic E-state index is 12.1. The third-order valence-corrected chi connectivity index (χ3v) is 3.66. The molecule has 1 aromatic carbocycles. The van der Waals surface area contributed by atoms with Gasteiger partial charge in [0.2, 0.25) is 5.91 Å². The van der Waals surface area contributed by atoms with Gasteiger partial charge in [0, 0.05) is 19.2 Å². The number of ether oxygens (including phenoxy) is 1. The molecule has 2 rings (SSSR count). The first-order valence-corrected chi connectivity index (χ1v) is 7.29.